The van der Waals surface area contributed by atoms with Crippen LogP contribution in [-0.2, 0) is 13.1 Å². The van der Waals surface area contributed by atoms with E-state index in [0.717, 1.165) is 48.0 Å². The Hall–Kier alpha value is -2.80. The number of aromatic nitrogens is 4. The summed E-state index contributed by atoms with van der Waals surface area (Å²) in [6.45, 7) is 1.35. The van der Waals surface area contributed by atoms with Crippen molar-refractivity contribution < 1.29 is 9.26 Å². The quantitative estimate of drug-likeness (QED) is 0.635. The zero-order valence-corrected chi connectivity index (χ0v) is 15.6. The summed E-state index contributed by atoms with van der Waals surface area (Å²) in [6, 6.07) is 7.72. The predicted molar refractivity (Wildman–Crippen MR) is 100 cm³/mol. The Morgan fingerprint density at radius 3 is 2.48 bits per heavy atom. The summed E-state index contributed by atoms with van der Waals surface area (Å²) < 4.78 is 10.6. The van der Waals surface area contributed by atoms with Crippen molar-refractivity contribution in [1.82, 2.24) is 25.0 Å². The molecule has 3 aromatic rings. The van der Waals surface area contributed by atoms with E-state index in [1.54, 1.807) is 7.11 Å². The molecule has 2 aromatic heterocycles. The molecule has 0 atom stereocenters. The molecule has 1 aliphatic rings. The molecule has 0 N–H and O–H groups in total. The lowest BCUT2D eigenvalue weighted by Crippen LogP contribution is -2.18. The molecule has 0 spiro atoms. The topological polar surface area (TPSA) is 77.2 Å². The van der Waals surface area contributed by atoms with Gasteiger partial charge in [0, 0.05) is 36.0 Å². The highest BCUT2D eigenvalue weighted by molar-refractivity contribution is 5.55. The summed E-state index contributed by atoms with van der Waals surface area (Å²) in [4.78, 5) is 15.6. The number of methoxy groups -OCH3 is 1. The van der Waals surface area contributed by atoms with Crippen LogP contribution in [0.5, 0.6) is 5.75 Å². The van der Waals surface area contributed by atoms with Gasteiger partial charge in [-0.3, -0.25) is 4.90 Å². The summed E-state index contributed by atoms with van der Waals surface area (Å²) in [5.74, 6) is 3.51. The lowest BCUT2D eigenvalue weighted by molar-refractivity contribution is 0.281. The van der Waals surface area contributed by atoms with Crippen LogP contribution >= 0.6 is 0 Å². The summed E-state index contributed by atoms with van der Waals surface area (Å²) in [5, 5.41) is 4.10. The Bertz CT molecular complexity index is 872. The zero-order valence-electron chi connectivity index (χ0n) is 15.6. The number of ether oxygens (including phenoxy) is 1. The Labute approximate surface area is 158 Å². The molecular weight excluding hydrogens is 342 g/mol. The Morgan fingerprint density at radius 2 is 1.85 bits per heavy atom. The molecule has 4 rings (SSSR count). The minimum atomic E-state index is 0.468. The standard InChI is InChI=1S/C20H23N5O2/c1-25(13-18-23-20(27-24-18)16-4-3-5-16)12-14-10-21-19(22-11-14)15-6-8-17(26-2)9-7-15/h6-11,16H,3-5,12-13H2,1-2H3. The summed E-state index contributed by atoms with van der Waals surface area (Å²) in [5.41, 5.74) is 2.00. The molecule has 1 saturated carbocycles. The van der Waals surface area contributed by atoms with Crippen LogP contribution in [0.3, 0.4) is 0 Å². The average Bonchev–Trinajstić information content (AvgIpc) is 3.08. The third-order valence-corrected chi connectivity index (χ3v) is 4.86. The van der Waals surface area contributed by atoms with E-state index in [4.69, 9.17) is 9.26 Å². The van der Waals surface area contributed by atoms with Gasteiger partial charge < -0.3 is 9.26 Å². The zero-order chi connectivity index (χ0) is 18.6. The first-order valence-electron chi connectivity index (χ1n) is 9.17. The second kappa shape index (κ2) is 7.84. The SMILES string of the molecule is COc1ccc(-c2ncc(CN(C)Cc3noc(C4CCC4)n3)cn2)cc1. The van der Waals surface area contributed by atoms with Gasteiger partial charge in [0.2, 0.25) is 5.89 Å². The molecule has 0 radical (unpaired) electrons. The van der Waals surface area contributed by atoms with Gasteiger partial charge in [-0.25, -0.2) is 9.97 Å². The van der Waals surface area contributed by atoms with E-state index in [0.29, 0.717) is 18.3 Å². The predicted octanol–water partition coefficient (Wildman–Crippen LogP) is 3.43. The van der Waals surface area contributed by atoms with Crippen molar-refractivity contribution >= 4 is 0 Å². The molecule has 2 heterocycles. The van der Waals surface area contributed by atoms with E-state index >= 15 is 0 Å². The second-order valence-corrected chi connectivity index (χ2v) is 6.99. The molecule has 27 heavy (non-hydrogen) atoms. The van der Waals surface area contributed by atoms with Gasteiger partial charge in [-0.15, -0.1) is 0 Å². The van der Waals surface area contributed by atoms with E-state index in [-0.39, 0.29) is 0 Å². The Morgan fingerprint density at radius 1 is 1.11 bits per heavy atom. The van der Waals surface area contributed by atoms with Gasteiger partial charge in [-0.2, -0.15) is 4.98 Å². The molecule has 0 saturated heterocycles. The molecule has 0 aliphatic heterocycles. The van der Waals surface area contributed by atoms with Gasteiger partial charge in [0.15, 0.2) is 11.6 Å². The van der Waals surface area contributed by atoms with Crippen LogP contribution in [0.2, 0.25) is 0 Å². The van der Waals surface area contributed by atoms with Crippen LogP contribution in [-0.4, -0.2) is 39.2 Å². The van der Waals surface area contributed by atoms with Crippen molar-refractivity contribution in [2.24, 2.45) is 0 Å². The van der Waals surface area contributed by atoms with E-state index < -0.39 is 0 Å². The molecule has 0 amide bonds. The van der Waals surface area contributed by atoms with Crippen LogP contribution in [0.4, 0.5) is 0 Å². The van der Waals surface area contributed by atoms with E-state index in [1.165, 1.54) is 6.42 Å². The lowest BCUT2D eigenvalue weighted by Gasteiger charge is -2.20. The van der Waals surface area contributed by atoms with Crippen molar-refractivity contribution in [1.29, 1.82) is 0 Å². The van der Waals surface area contributed by atoms with Crippen molar-refractivity contribution in [2.45, 2.75) is 38.3 Å². The van der Waals surface area contributed by atoms with Crippen molar-refractivity contribution in [3.8, 4) is 17.1 Å². The maximum atomic E-state index is 5.38. The first-order valence-corrected chi connectivity index (χ1v) is 9.17. The van der Waals surface area contributed by atoms with Crippen LogP contribution in [0, 0.1) is 0 Å². The molecular formula is C20H23N5O2. The number of nitrogens with zero attached hydrogens (tertiary/aromatic N) is 5. The monoisotopic (exact) mass is 365 g/mol. The third-order valence-electron chi connectivity index (χ3n) is 4.86. The minimum Gasteiger partial charge on any atom is -0.497 e. The Balaban J connectivity index is 1.35. The number of benzene rings is 1. The van der Waals surface area contributed by atoms with E-state index in [9.17, 15) is 0 Å². The van der Waals surface area contributed by atoms with Gasteiger partial charge >= 0.3 is 0 Å². The largest absolute Gasteiger partial charge is 0.497 e. The fraction of sp³-hybridized carbons (Fsp3) is 0.400. The molecule has 0 bridgehead atoms. The molecule has 7 heteroatoms. The average molecular weight is 365 g/mol. The van der Waals surface area contributed by atoms with Crippen molar-refractivity contribution in [3.63, 3.8) is 0 Å². The smallest absolute Gasteiger partial charge is 0.229 e. The Kier molecular flexibility index (Phi) is 5.11. The van der Waals surface area contributed by atoms with E-state index in [2.05, 4.69) is 25.0 Å². The first kappa shape index (κ1) is 17.6. The molecule has 1 aromatic carbocycles. The first-order chi connectivity index (χ1) is 13.2. The molecule has 140 valence electrons. The van der Waals surface area contributed by atoms with Crippen LogP contribution in [0.25, 0.3) is 11.4 Å². The number of hydrogen-bond acceptors (Lipinski definition) is 7. The maximum Gasteiger partial charge on any atom is 0.229 e. The van der Waals surface area contributed by atoms with Gasteiger partial charge in [0.1, 0.15) is 5.75 Å². The number of hydrogen-bond donors (Lipinski definition) is 0. The summed E-state index contributed by atoms with van der Waals surface area (Å²) >= 11 is 0. The van der Waals surface area contributed by atoms with Crippen LogP contribution in [0.1, 0.15) is 42.5 Å². The number of rotatable bonds is 7. The normalized spacial score (nSPS) is 14.3. The maximum absolute atomic E-state index is 5.38. The van der Waals surface area contributed by atoms with Crippen LogP contribution in [0.15, 0.2) is 41.2 Å². The van der Waals surface area contributed by atoms with Crippen molar-refractivity contribution in [3.05, 3.63) is 53.9 Å². The highest BCUT2D eigenvalue weighted by Gasteiger charge is 2.25. The minimum absolute atomic E-state index is 0.468. The molecule has 0 unspecified atom stereocenters. The highest BCUT2D eigenvalue weighted by Crippen LogP contribution is 2.35. The summed E-state index contributed by atoms with van der Waals surface area (Å²) in [7, 11) is 3.68. The van der Waals surface area contributed by atoms with Gasteiger partial charge in [-0.05, 0) is 44.2 Å². The van der Waals surface area contributed by atoms with Gasteiger partial charge in [-0.1, -0.05) is 11.6 Å². The fourth-order valence-electron chi connectivity index (χ4n) is 3.09. The summed E-state index contributed by atoms with van der Waals surface area (Å²) in [6.07, 6.45) is 7.30. The van der Waals surface area contributed by atoms with E-state index in [1.807, 2.05) is 43.7 Å². The molecule has 1 aliphatic carbocycles. The van der Waals surface area contributed by atoms with Gasteiger partial charge in [0.25, 0.3) is 0 Å². The van der Waals surface area contributed by atoms with Crippen LogP contribution < -0.4 is 4.74 Å². The second-order valence-electron chi connectivity index (χ2n) is 6.99. The molecule has 1 fully saturated rings. The fourth-order valence-corrected chi connectivity index (χ4v) is 3.09. The lowest BCUT2D eigenvalue weighted by atomic mass is 9.85. The third kappa shape index (κ3) is 4.14. The molecule has 7 nitrogen and oxygen atoms in total. The van der Waals surface area contributed by atoms with Gasteiger partial charge in [0.05, 0.1) is 13.7 Å². The highest BCUT2D eigenvalue weighted by atomic mass is 16.5. The van der Waals surface area contributed by atoms with Crippen molar-refractivity contribution in [2.75, 3.05) is 14.2 Å².